The van der Waals surface area contributed by atoms with Crippen LogP contribution in [0, 0.1) is 12.7 Å². The molecule has 0 fully saturated rings. The summed E-state index contributed by atoms with van der Waals surface area (Å²) in [5.74, 6) is 0.454. The maximum Gasteiger partial charge on any atom is 0.129 e. The average Bonchev–Trinajstić information content (AvgIpc) is 2.20. The lowest BCUT2D eigenvalue weighted by atomic mass is 10.1. The van der Waals surface area contributed by atoms with E-state index in [1.807, 2.05) is 7.05 Å². The third-order valence-corrected chi connectivity index (χ3v) is 2.27. The molecule has 3 heteroatoms. The Balaban J connectivity index is 2.98. The molecule has 0 aromatic heterocycles. The van der Waals surface area contributed by atoms with Crippen molar-refractivity contribution in [1.29, 1.82) is 0 Å². The van der Waals surface area contributed by atoms with Gasteiger partial charge in [0.05, 0.1) is 7.11 Å². The molecule has 0 aliphatic rings. The topological polar surface area (TPSA) is 21.3 Å². The summed E-state index contributed by atoms with van der Waals surface area (Å²) in [6.07, 6.45) is 0.848. The normalized spacial score (nSPS) is 10.3. The van der Waals surface area contributed by atoms with Gasteiger partial charge in [-0.15, -0.1) is 0 Å². The van der Waals surface area contributed by atoms with Crippen LogP contribution in [0.5, 0.6) is 5.75 Å². The van der Waals surface area contributed by atoms with Crippen LogP contribution >= 0.6 is 0 Å². The number of halogens is 1. The molecule has 14 heavy (non-hydrogen) atoms. The van der Waals surface area contributed by atoms with E-state index in [1.54, 1.807) is 20.1 Å². The van der Waals surface area contributed by atoms with Crippen molar-refractivity contribution >= 4 is 0 Å². The molecule has 0 saturated carbocycles. The molecule has 2 nitrogen and oxygen atoms in total. The highest BCUT2D eigenvalue weighted by atomic mass is 19.1. The van der Waals surface area contributed by atoms with Gasteiger partial charge in [-0.1, -0.05) is 6.07 Å². The van der Waals surface area contributed by atoms with E-state index in [1.165, 1.54) is 6.07 Å². The zero-order chi connectivity index (χ0) is 10.6. The van der Waals surface area contributed by atoms with E-state index in [-0.39, 0.29) is 5.82 Å². The summed E-state index contributed by atoms with van der Waals surface area (Å²) >= 11 is 0. The first kappa shape index (κ1) is 11.0. The van der Waals surface area contributed by atoms with Gasteiger partial charge in [0, 0.05) is 5.56 Å². The Kier molecular flexibility index (Phi) is 3.89. The monoisotopic (exact) mass is 197 g/mol. The molecule has 0 spiro atoms. The highest BCUT2D eigenvalue weighted by Gasteiger charge is 2.09. The molecule has 0 aliphatic heterocycles. The molecular weight excluding hydrogens is 181 g/mol. The van der Waals surface area contributed by atoms with Crippen molar-refractivity contribution in [3.63, 3.8) is 0 Å². The van der Waals surface area contributed by atoms with E-state index in [2.05, 4.69) is 5.32 Å². The van der Waals surface area contributed by atoms with Crippen LogP contribution in [0.25, 0.3) is 0 Å². The van der Waals surface area contributed by atoms with Gasteiger partial charge in [0.2, 0.25) is 0 Å². The molecule has 1 rings (SSSR count). The summed E-state index contributed by atoms with van der Waals surface area (Å²) < 4.78 is 18.4. The standard InChI is InChI=1S/C11H16FNO/c1-8-10(12)5-4-9(6-7-13-2)11(8)14-3/h4-5,13H,6-7H2,1-3H3. The third-order valence-electron chi connectivity index (χ3n) is 2.27. The lowest BCUT2D eigenvalue weighted by molar-refractivity contribution is 0.401. The molecule has 0 radical (unpaired) electrons. The quantitative estimate of drug-likeness (QED) is 0.796. The number of likely N-dealkylation sites (N-methyl/N-ethyl adjacent to an activating group) is 1. The second-order valence-corrected chi connectivity index (χ2v) is 3.22. The highest BCUT2D eigenvalue weighted by molar-refractivity contribution is 5.41. The van der Waals surface area contributed by atoms with E-state index in [0.29, 0.717) is 11.3 Å². The number of ether oxygens (including phenoxy) is 1. The molecule has 0 aliphatic carbocycles. The van der Waals surface area contributed by atoms with E-state index < -0.39 is 0 Å². The highest BCUT2D eigenvalue weighted by Crippen LogP contribution is 2.25. The summed E-state index contributed by atoms with van der Waals surface area (Å²) in [4.78, 5) is 0. The molecule has 0 bridgehead atoms. The van der Waals surface area contributed by atoms with Gasteiger partial charge in [-0.05, 0) is 38.6 Å². The van der Waals surface area contributed by atoms with Crippen molar-refractivity contribution < 1.29 is 9.13 Å². The van der Waals surface area contributed by atoms with Crippen molar-refractivity contribution in [3.05, 3.63) is 29.1 Å². The molecule has 0 atom stereocenters. The van der Waals surface area contributed by atoms with Crippen LogP contribution < -0.4 is 10.1 Å². The number of hydrogen-bond acceptors (Lipinski definition) is 2. The minimum Gasteiger partial charge on any atom is -0.496 e. The molecule has 0 saturated heterocycles. The second-order valence-electron chi connectivity index (χ2n) is 3.22. The van der Waals surface area contributed by atoms with Gasteiger partial charge in [0.1, 0.15) is 11.6 Å². The number of hydrogen-bond donors (Lipinski definition) is 1. The molecule has 78 valence electrons. The maximum atomic E-state index is 13.2. The van der Waals surface area contributed by atoms with Gasteiger partial charge in [0.25, 0.3) is 0 Å². The Hall–Kier alpha value is -1.09. The zero-order valence-electron chi connectivity index (χ0n) is 8.86. The minimum absolute atomic E-state index is 0.213. The molecular formula is C11H16FNO. The lowest BCUT2D eigenvalue weighted by Gasteiger charge is -2.11. The first-order chi connectivity index (χ1) is 6.70. The number of rotatable bonds is 4. The van der Waals surface area contributed by atoms with Gasteiger partial charge < -0.3 is 10.1 Å². The Morgan fingerprint density at radius 1 is 1.43 bits per heavy atom. The zero-order valence-corrected chi connectivity index (χ0v) is 8.86. The second kappa shape index (κ2) is 4.96. The van der Waals surface area contributed by atoms with E-state index in [9.17, 15) is 4.39 Å². The Morgan fingerprint density at radius 3 is 2.71 bits per heavy atom. The van der Waals surface area contributed by atoms with Crippen molar-refractivity contribution in [3.8, 4) is 5.75 Å². The summed E-state index contributed by atoms with van der Waals surface area (Å²) in [5.41, 5.74) is 1.63. The van der Waals surface area contributed by atoms with Crippen LogP contribution in [0.2, 0.25) is 0 Å². The van der Waals surface area contributed by atoms with Gasteiger partial charge >= 0.3 is 0 Å². The number of methoxy groups -OCH3 is 1. The first-order valence-electron chi connectivity index (χ1n) is 4.67. The molecule has 1 N–H and O–H groups in total. The van der Waals surface area contributed by atoms with Gasteiger partial charge in [-0.25, -0.2) is 4.39 Å². The lowest BCUT2D eigenvalue weighted by Crippen LogP contribution is -2.11. The van der Waals surface area contributed by atoms with Gasteiger partial charge in [-0.3, -0.25) is 0 Å². The average molecular weight is 197 g/mol. The number of benzene rings is 1. The summed E-state index contributed by atoms with van der Waals surface area (Å²) in [6.45, 7) is 2.60. The van der Waals surface area contributed by atoms with Gasteiger partial charge in [-0.2, -0.15) is 0 Å². The van der Waals surface area contributed by atoms with Crippen molar-refractivity contribution in [1.82, 2.24) is 5.32 Å². The number of nitrogens with one attached hydrogen (secondary N) is 1. The minimum atomic E-state index is -0.213. The molecule has 0 amide bonds. The predicted molar refractivity (Wildman–Crippen MR) is 55.3 cm³/mol. The molecule has 1 aromatic rings. The molecule has 0 unspecified atom stereocenters. The fourth-order valence-corrected chi connectivity index (χ4v) is 1.46. The van der Waals surface area contributed by atoms with E-state index in [4.69, 9.17) is 4.74 Å². The third kappa shape index (κ3) is 2.23. The fourth-order valence-electron chi connectivity index (χ4n) is 1.46. The summed E-state index contributed by atoms with van der Waals surface area (Å²) in [6, 6.07) is 3.27. The smallest absolute Gasteiger partial charge is 0.129 e. The SMILES string of the molecule is CNCCc1ccc(F)c(C)c1OC. The van der Waals surface area contributed by atoms with Crippen molar-refractivity contribution in [2.45, 2.75) is 13.3 Å². The summed E-state index contributed by atoms with van der Waals surface area (Å²) in [7, 11) is 3.47. The van der Waals surface area contributed by atoms with Crippen LogP contribution in [0.4, 0.5) is 4.39 Å². The van der Waals surface area contributed by atoms with Gasteiger partial charge in [0.15, 0.2) is 0 Å². The van der Waals surface area contributed by atoms with Crippen LogP contribution in [0.3, 0.4) is 0 Å². The Bertz CT molecular complexity index is 312. The Labute approximate surface area is 84.1 Å². The van der Waals surface area contributed by atoms with E-state index >= 15 is 0 Å². The van der Waals surface area contributed by atoms with Crippen LogP contribution in [-0.4, -0.2) is 20.7 Å². The predicted octanol–water partition coefficient (Wildman–Crippen LogP) is 1.90. The molecule has 0 heterocycles. The van der Waals surface area contributed by atoms with Crippen molar-refractivity contribution in [2.24, 2.45) is 0 Å². The van der Waals surface area contributed by atoms with Crippen molar-refractivity contribution in [2.75, 3.05) is 20.7 Å². The maximum absolute atomic E-state index is 13.2. The van der Waals surface area contributed by atoms with Crippen LogP contribution in [0.1, 0.15) is 11.1 Å². The first-order valence-corrected chi connectivity index (χ1v) is 4.67. The van der Waals surface area contributed by atoms with Crippen LogP contribution in [0.15, 0.2) is 12.1 Å². The van der Waals surface area contributed by atoms with Crippen LogP contribution in [-0.2, 0) is 6.42 Å². The largest absolute Gasteiger partial charge is 0.496 e. The molecule has 1 aromatic carbocycles. The Morgan fingerprint density at radius 2 is 2.14 bits per heavy atom. The summed E-state index contributed by atoms with van der Waals surface area (Å²) in [5, 5.41) is 3.05. The fraction of sp³-hybridized carbons (Fsp3) is 0.455. The van der Waals surface area contributed by atoms with E-state index in [0.717, 1.165) is 18.5 Å².